The molecule has 2 aliphatic carbocycles. The van der Waals surface area contributed by atoms with E-state index in [1.165, 1.54) is 12.8 Å². The van der Waals surface area contributed by atoms with Crippen LogP contribution in [-0.4, -0.2) is 18.1 Å². The average molecular weight is 194 g/mol. The lowest BCUT2D eigenvalue weighted by molar-refractivity contribution is 0.126. The lowest BCUT2D eigenvalue weighted by atomic mass is 9.69. The van der Waals surface area contributed by atoms with E-state index in [1.807, 2.05) is 0 Å². The predicted octanol–water partition coefficient (Wildman–Crippen LogP) is 1.49. The van der Waals surface area contributed by atoms with Gasteiger partial charge in [0.05, 0.1) is 12.1 Å². The van der Waals surface area contributed by atoms with Crippen molar-refractivity contribution < 1.29 is 4.79 Å². The maximum atomic E-state index is 11.3. The lowest BCUT2D eigenvalue weighted by Crippen LogP contribution is -2.45. The van der Waals surface area contributed by atoms with Crippen molar-refractivity contribution >= 4 is 6.03 Å². The maximum absolute atomic E-state index is 11.3. The largest absolute Gasteiger partial charge is 0.333 e. The second kappa shape index (κ2) is 2.10. The zero-order valence-corrected chi connectivity index (χ0v) is 9.05. The zero-order valence-electron chi connectivity index (χ0n) is 9.05. The van der Waals surface area contributed by atoms with Crippen LogP contribution in [0, 0.1) is 16.7 Å². The molecule has 3 fully saturated rings. The molecule has 3 aliphatic rings. The summed E-state index contributed by atoms with van der Waals surface area (Å²) >= 11 is 0. The standard InChI is InChI=1S/C11H18N2O/c1-10(2)6-4-5-11(10,3)8-7(6)12-9(14)13-8/h6-8H,4-5H2,1-3H3,(H2,12,13,14)/t6-,7-,8+,11-/m1/s1. The molecule has 1 heterocycles. The topological polar surface area (TPSA) is 41.1 Å². The van der Waals surface area contributed by atoms with E-state index in [9.17, 15) is 4.79 Å². The third-order valence-corrected chi connectivity index (χ3v) is 5.44. The van der Waals surface area contributed by atoms with Gasteiger partial charge in [0.1, 0.15) is 0 Å². The van der Waals surface area contributed by atoms with Crippen molar-refractivity contribution in [1.29, 1.82) is 0 Å². The molecule has 1 aliphatic heterocycles. The first-order valence-corrected chi connectivity index (χ1v) is 5.54. The highest BCUT2D eigenvalue weighted by atomic mass is 16.2. The molecule has 0 unspecified atom stereocenters. The molecule has 2 saturated carbocycles. The number of fused-ring (bicyclic) bond motifs is 5. The van der Waals surface area contributed by atoms with E-state index in [2.05, 4.69) is 31.4 Å². The van der Waals surface area contributed by atoms with Gasteiger partial charge in [-0.1, -0.05) is 20.8 Å². The van der Waals surface area contributed by atoms with Crippen molar-refractivity contribution in [2.45, 2.75) is 45.7 Å². The molecule has 4 atom stereocenters. The molecular formula is C11H18N2O. The first-order chi connectivity index (χ1) is 6.47. The molecular weight excluding hydrogens is 176 g/mol. The summed E-state index contributed by atoms with van der Waals surface area (Å²) in [5.74, 6) is 0.663. The van der Waals surface area contributed by atoms with E-state index in [0.717, 1.165) is 0 Å². The number of carbonyl (C=O) groups excluding carboxylic acids is 1. The molecule has 0 radical (unpaired) electrons. The number of hydrogen-bond donors (Lipinski definition) is 2. The van der Waals surface area contributed by atoms with Crippen molar-refractivity contribution in [3.63, 3.8) is 0 Å². The van der Waals surface area contributed by atoms with Crippen molar-refractivity contribution in [3.05, 3.63) is 0 Å². The zero-order chi connectivity index (χ0) is 10.1. The smallest absolute Gasteiger partial charge is 0.315 e. The third kappa shape index (κ3) is 0.665. The Morgan fingerprint density at radius 3 is 2.64 bits per heavy atom. The summed E-state index contributed by atoms with van der Waals surface area (Å²) < 4.78 is 0. The number of urea groups is 1. The van der Waals surface area contributed by atoms with E-state index in [4.69, 9.17) is 0 Å². The molecule has 78 valence electrons. The van der Waals surface area contributed by atoms with Crippen LogP contribution in [0.2, 0.25) is 0 Å². The quantitative estimate of drug-likeness (QED) is 0.602. The van der Waals surface area contributed by atoms with E-state index in [1.54, 1.807) is 0 Å². The molecule has 2 bridgehead atoms. The summed E-state index contributed by atoms with van der Waals surface area (Å²) in [5.41, 5.74) is 0.657. The molecule has 14 heavy (non-hydrogen) atoms. The Hall–Kier alpha value is -0.730. The van der Waals surface area contributed by atoms with E-state index < -0.39 is 0 Å². The molecule has 3 nitrogen and oxygen atoms in total. The highest BCUT2D eigenvalue weighted by Crippen LogP contribution is 2.65. The highest BCUT2D eigenvalue weighted by Gasteiger charge is 2.68. The number of rotatable bonds is 0. The Morgan fingerprint density at radius 1 is 1.29 bits per heavy atom. The minimum absolute atomic E-state index is 0.0358. The summed E-state index contributed by atoms with van der Waals surface area (Å²) in [6.45, 7) is 7.05. The van der Waals surface area contributed by atoms with Crippen LogP contribution in [0.25, 0.3) is 0 Å². The molecule has 0 spiro atoms. The van der Waals surface area contributed by atoms with Gasteiger partial charge in [0, 0.05) is 0 Å². The van der Waals surface area contributed by atoms with Gasteiger partial charge >= 0.3 is 6.03 Å². The molecule has 1 saturated heterocycles. The van der Waals surface area contributed by atoms with Gasteiger partial charge < -0.3 is 10.6 Å². The van der Waals surface area contributed by atoms with Crippen LogP contribution < -0.4 is 10.6 Å². The normalized spacial score (nSPS) is 52.8. The van der Waals surface area contributed by atoms with Crippen LogP contribution in [0.5, 0.6) is 0 Å². The van der Waals surface area contributed by atoms with Crippen molar-refractivity contribution in [3.8, 4) is 0 Å². The van der Waals surface area contributed by atoms with Gasteiger partial charge in [-0.3, -0.25) is 0 Å². The molecule has 3 rings (SSSR count). The van der Waals surface area contributed by atoms with Crippen LogP contribution >= 0.6 is 0 Å². The Kier molecular flexibility index (Phi) is 1.28. The van der Waals surface area contributed by atoms with E-state index in [-0.39, 0.29) is 6.03 Å². The highest BCUT2D eigenvalue weighted by molar-refractivity contribution is 5.78. The second-order valence-electron chi connectivity index (χ2n) is 5.91. The van der Waals surface area contributed by atoms with Gasteiger partial charge in [-0.2, -0.15) is 0 Å². The fourth-order valence-electron chi connectivity index (χ4n) is 4.14. The molecule has 0 aromatic rings. The van der Waals surface area contributed by atoms with E-state index in [0.29, 0.717) is 28.8 Å². The van der Waals surface area contributed by atoms with Crippen LogP contribution in [0.4, 0.5) is 4.79 Å². The fraction of sp³-hybridized carbons (Fsp3) is 0.909. The molecule has 0 aromatic heterocycles. The summed E-state index contributed by atoms with van der Waals surface area (Å²) in [4.78, 5) is 11.3. The Labute approximate surface area is 84.6 Å². The van der Waals surface area contributed by atoms with Gasteiger partial charge in [0.2, 0.25) is 0 Å². The fourth-order valence-corrected chi connectivity index (χ4v) is 4.14. The average Bonchev–Trinajstić information content (AvgIpc) is 2.59. The van der Waals surface area contributed by atoms with Crippen molar-refractivity contribution in [2.75, 3.05) is 0 Å². The van der Waals surface area contributed by atoms with Crippen LogP contribution in [0.1, 0.15) is 33.6 Å². The number of hydrogen-bond acceptors (Lipinski definition) is 1. The Balaban J connectivity index is 2.06. The van der Waals surface area contributed by atoms with Gasteiger partial charge in [0.15, 0.2) is 0 Å². The van der Waals surface area contributed by atoms with Crippen LogP contribution in [0.3, 0.4) is 0 Å². The summed E-state index contributed by atoms with van der Waals surface area (Å²) in [7, 11) is 0. The van der Waals surface area contributed by atoms with Gasteiger partial charge in [-0.15, -0.1) is 0 Å². The van der Waals surface area contributed by atoms with E-state index >= 15 is 0 Å². The summed E-state index contributed by atoms with van der Waals surface area (Å²) in [6, 6.07) is 0.786. The van der Waals surface area contributed by atoms with Gasteiger partial charge in [-0.05, 0) is 29.6 Å². The lowest BCUT2D eigenvalue weighted by Gasteiger charge is -2.38. The minimum Gasteiger partial charge on any atom is -0.333 e. The third-order valence-electron chi connectivity index (χ3n) is 5.44. The van der Waals surface area contributed by atoms with Gasteiger partial charge in [-0.25, -0.2) is 4.79 Å². The summed E-state index contributed by atoms with van der Waals surface area (Å²) in [5, 5.41) is 6.17. The Bertz CT molecular complexity index is 312. The van der Waals surface area contributed by atoms with Gasteiger partial charge in [0.25, 0.3) is 0 Å². The second-order valence-corrected chi connectivity index (χ2v) is 5.91. The first kappa shape index (κ1) is 8.57. The van der Waals surface area contributed by atoms with Crippen LogP contribution in [-0.2, 0) is 0 Å². The predicted molar refractivity (Wildman–Crippen MR) is 53.9 cm³/mol. The molecule has 0 aromatic carbocycles. The van der Waals surface area contributed by atoms with Crippen LogP contribution in [0.15, 0.2) is 0 Å². The summed E-state index contributed by atoms with van der Waals surface area (Å²) in [6.07, 6.45) is 2.53. The molecule has 3 heteroatoms. The Morgan fingerprint density at radius 2 is 2.00 bits per heavy atom. The van der Waals surface area contributed by atoms with Crippen molar-refractivity contribution in [2.24, 2.45) is 16.7 Å². The monoisotopic (exact) mass is 194 g/mol. The number of carbonyl (C=O) groups is 1. The molecule has 2 N–H and O–H groups in total. The maximum Gasteiger partial charge on any atom is 0.315 e. The first-order valence-electron chi connectivity index (χ1n) is 5.54. The SMILES string of the molecule is CC1(C)[C@@H]2CC[C@]1(C)[C@H]1NC(=O)N[C@H]21. The molecule has 2 amide bonds. The number of nitrogens with one attached hydrogen (secondary N) is 2. The number of amides is 2. The minimum atomic E-state index is 0.0358. The van der Waals surface area contributed by atoms with Crippen molar-refractivity contribution in [1.82, 2.24) is 10.6 Å².